The maximum absolute atomic E-state index is 13.4. The summed E-state index contributed by atoms with van der Waals surface area (Å²) in [6.07, 6.45) is 0. The van der Waals surface area contributed by atoms with Crippen molar-refractivity contribution in [1.82, 2.24) is 0 Å². The second-order valence-corrected chi connectivity index (χ2v) is 6.27. The Bertz CT molecular complexity index is 678. The molecule has 0 aliphatic carbocycles. The summed E-state index contributed by atoms with van der Waals surface area (Å²) in [5, 5.41) is 1.55. The van der Waals surface area contributed by atoms with Gasteiger partial charge < -0.3 is 5.73 Å². The number of rotatable bonds is 4. The van der Waals surface area contributed by atoms with Crippen LogP contribution in [0.25, 0.3) is 0 Å². The van der Waals surface area contributed by atoms with Crippen molar-refractivity contribution in [1.29, 1.82) is 0 Å². The van der Waals surface area contributed by atoms with Gasteiger partial charge in [0.2, 0.25) is 0 Å². The van der Waals surface area contributed by atoms with Crippen LogP contribution in [0.3, 0.4) is 0 Å². The first-order valence-electron chi connectivity index (χ1n) is 5.19. The molecule has 0 saturated carbocycles. The van der Waals surface area contributed by atoms with Crippen LogP contribution in [-0.2, 0) is 16.6 Å². The molecule has 3 N–H and O–H groups in total. The molecule has 2 aromatic rings. The number of halogens is 2. The molecule has 4 nitrogen and oxygen atoms in total. The van der Waals surface area contributed by atoms with E-state index >= 15 is 0 Å². The molecule has 0 saturated heterocycles. The first-order valence-corrected chi connectivity index (χ1v) is 7.55. The second-order valence-electron chi connectivity index (χ2n) is 3.61. The normalized spacial score (nSPS) is 11.5. The third-order valence-corrected chi connectivity index (χ3v) is 4.89. The van der Waals surface area contributed by atoms with E-state index in [-0.39, 0.29) is 11.4 Å². The Labute approximate surface area is 112 Å². The van der Waals surface area contributed by atoms with Crippen molar-refractivity contribution in [3.8, 4) is 0 Å². The molecule has 0 aliphatic heterocycles. The SMILES string of the molecule is NCc1sccc1S(=O)(=O)Nc1c(F)cccc1F. The number of para-hydroxylation sites is 1. The first-order chi connectivity index (χ1) is 8.95. The van der Waals surface area contributed by atoms with E-state index < -0.39 is 27.3 Å². The largest absolute Gasteiger partial charge is 0.326 e. The number of anilines is 1. The maximum Gasteiger partial charge on any atom is 0.263 e. The van der Waals surface area contributed by atoms with Crippen molar-refractivity contribution >= 4 is 27.0 Å². The second kappa shape index (κ2) is 5.24. The fourth-order valence-electron chi connectivity index (χ4n) is 1.50. The molecule has 0 spiro atoms. The Kier molecular flexibility index (Phi) is 3.83. The number of hydrogen-bond donors (Lipinski definition) is 2. The number of nitrogens with one attached hydrogen (secondary N) is 1. The van der Waals surface area contributed by atoms with E-state index in [2.05, 4.69) is 0 Å². The van der Waals surface area contributed by atoms with E-state index in [9.17, 15) is 17.2 Å². The van der Waals surface area contributed by atoms with Crippen LogP contribution in [0, 0.1) is 11.6 Å². The molecule has 0 fully saturated rings. The van der Waals surface area contributed by atoms with Crippen LogP contribution in [0.2, 0.25) is 0 Å². The van der Waals surface area contributed by atoms with E-state index in [0.29, 0.717) is 4.88 Å². The van der Waals surface area contributed by atoms with Crippen LogP contribution < -0.4 is 10.5 Å². The summed E-state index contributed by atoms with van der Waals surface area (Å²) in [5.41, 5.74) is 4.72. The monoisotopic (exact) mass is 304 g/mol. The van der Waals surface area contributed by atoms with Crippen LogP contribution in [0.15, 0.2) is 34.5 Å². The summed E-state index contributed by atoms with van der Waals surface area (Å²) in [6.45, 7) is 0.0354. The molecule has 102 valence electrons. The quantitative estimate of drug-likeness (QED) is 0.910. The van der Waals surface area contributed by atoms with Gasteiger partial charge in [-0.25, -0.2) is 17.2 Å². The Morgan fingerprint density at radius 2 is 1.84 bits per heavy atom. The summed E-state index contributed by atoms with van der Waals surface area (Å²) < 4.78 is 52.8. The van der Waals surface area contributed by atoms with E-state index in [0.717, 1.165) is 29.5 Å². The molecule has 2 rings (SSSR count). The lowest BCUT2D eigenvalue weighted by Crippen LogP contribution is -2.16. The minimum atomic E-state index is -4.06. The lowest BCUT2D eigenvalue weighted by Gasteiger charge is -2.09. The van der Waals surface area contributed by atoms with E-state index in [1.54, 1.807) is 5.38 Å². The molecule has 0 amide bonds. The number of sulfonamides is 1. The highest BCUT2D eigenvalue weighted by atomic mass is 32.2. The third kappa shape index (κ3) is 2.75. The van der Waals surface area contributed by atoms with Crippen molar-refractivity contribution in [2.75, 3.05) is 4.72 Å². The zero-order valence-electron chi connectivity index (χ0n) is 9.56. The number of nitrogens with two attached hydrogens (primary N) is 1. The molecule has 0 unspecified atom stereocenters. The fourth-order valence-corrected chi connectivity index (χ4v) is 3.91. The predicted octanol–water partition coefficient (Wildman–Crippen LogP) is 2.29. The molecule has 1 heterocycles. The average molecular weight is 304 g/mol. The summed E-state index contributed by atoms with van der Waals surface area (Å²) >= 11 is 1.16. The Hall–Kier alpha value is -1.51. The first kappa shape index (κ1) is 13.9. The van der Waals surface area contributed by atoms with Gasteiger partial charge in [-0.1, -0.05) is 6.07 Å². The minimum absolute atomic E-state index is 0.0354. The van der Waals surface area contributed by atoms with Gasteiger partial charge in [0, 0.05) is 11.4 Å². The molecule has 1 aromatic heterocycles. The summed E-state index contributed by atoms with van der Waals surface area (Å²) in [4.78, 5) is 0.354. The maximum atomic E-state index is 13.4. The lowest BCUT2D eigenvalue weighted by atomic mass is 10.3. The van der Waals surface area contributed by atoms with E-state index in [1.807, 2.05) is 4.72 Å². The van der Waals surface area contributed by atoms with Gasteiger partial charge in [-0.2, -0.15) is 0 Å². The third-order valence-electron chi connectivity index (χ3n) is 2.38. The van der Waals surface area contributed by atoms with Gasteiger partial charge in [0.05, 0.1) is 0 Å². The Morgan fingerprint density at radius 1 is 1.21 bits per heavy atom. The van der Waals surface area contributed by atoms with Crippen LogP contribution in [0.1, 0.15) is 4.88 Å². The highest BCUT2D eigenvalue weighted by molar-refractivity contribution is 7.93. The molecule has 8 heteroatoms. The van der Waals surface area contributed by atoms with Gasteiger partial charge in [-0.05, 0) is 23.6 Å². The zero-order valence-corrected chi connectivity index (χ0v) is 11.2. The molecule has 0 radical (unpaired) electrons. The predicted molar refractivity (Wildman–Crippen MR) is 69.4 cm³/mol. The van der Waals surface area contributed by atoms with Gasteiger partial charge in [-0.15, -0.1) is 11.3 Å². The summed E-state index contributed by atoms with van der Waals surface area (Å²) in [6, 6.07) is 4.43. The summed E-state index contributed by atoms with van der Waals surface area (Å²) in [7, 11) is -4.06. The number of thiophene rings is 1. The minimum Gasteiger partial charge on any atom is -0.326 e. The number of benzene rings is 1. The number of hydrogen-bond acceptors (Lipinski definition) is 4. The lowest BCUT2D eigenvalue weighted by molar-refractivity contribution is 0.582. The van der Waals surface area contributed by atoms with Crippen LogP contribution in [0.4, 0.5) is 14.5 Å². The summed E-state index contributed by atoms with van der Waals surface area (Å²) in [5.74, 6) is -1.96. The van der Waals surface area contributed by atoms with Crippen molar-refractivity contribution in [2.24, 2.45) is 5.73 Å². The van der Waals surface area contributed by atoms with Crippen molar-refractivity contribution in [3.05, 3.63) is 46.2 Å². The Morgan fingerprint density at radius 3 is 2.42 bits per heavy atom. The molecule has 0 aliphatic rings. The standard InChI is InChI=1S/C11H10F2N2O2S2/c12-7-2-1-3-8(13)11(7)15-19(16,17)10-4-5-18-9(10)6-14/h1-5,15H,6,14H2. The molecular formula is C11H10F2N2O2S2. The molecule has 19 heavy (non-hydrogen) atoms. The van der Waals surface area contributed by atoms with E-state index in [4.69, 9.17) is 5.73 Å². The van der Waals surface area contributed by atoms with E-state index in [1.165, 1.54) is 6.07 Å². The molecule has 0 bridgehead atoms. The zero-order chi connectivity index (χ0) is 14.0. The van der Waals surface area contributed by atoms with Gasteiger partial charge >= 0.3 is 0 Å². The van der Waals surface area contributed by atoms with Crippen molar-refractivity contribution in [2.45, 2.75) is 11.4 Å². The topological polar surface area (TPSA) is 72.2 Å². The highest BCUT2D eigenvalue weighted by Crippen LogP contribution is 2.26. The van der Waals surface area contributed by atoms with Crippen LogP contribution in [0.5, 0.6) is 0 Å². The smallest absolute Gasteiger partial charge is 0.263 e. The molecule has 1 aromatic carbocycles. The average Bonchev–Trinajstić information content (AvgIpc) is 2.83. The van der Waals surface area contributed by atoms with Crippen LogP contribution in [-0.4, -0.2) is 8.42 Å². The van der Waals surface area contributed by atoms with Crippen molar-refractivity contribution < 1.29 is 17.2 Å². The van der Waals surface area contributed by atoms with Gasteiger partial charge in [-0.3, -0.25) is 4.72 Å². The molecular weight excluding hydrogens is 294 g/mol. The fraction of sp³-hybridized carbons (Fsp3) is 0.0909. The molecule has 0 atom stereocenters. The van der Waals surface area contributed by atoms with Gasteiger partial charge in [0.1, 0.15) is 22.2 Å². The van der Waals surface area contributed by atoms with Gasteiger partial charge in [0.25, 0.3) is 10.0 Å². The Balaban J connectivity index is 2.43. The highest BCUT2D eigenvalue weighted by Gasteiger charge is 2.22. The van der Waals surface area contributed by atoms with Crippen molar-refractivity contribution in [3.63, 3.8) is 0 Å². The van der Waals surface area contributed by atoms with Gasteiger partial charge in [0.15, 0.2) is 0 Å². The van der Waals surface area contributed by atoms with Crippen LogP contribution >= 0.6 is 11.3 Å².